The molecule has 39 heavy (non-hydrogen) atoms. The van der Waals surface area contributed by atoms with Gasteiger partial charge in [0.15, 0.2) is 11.4 Å². The number of ether oxygens (including phenoxy) is 2. The zero-order chi connectivity index (χ0) is 26.6. The van der Waals surface area contributed by atoms with Gasteiger partial charge in [-0.15, -0.1) is 0 Å². The minimum absolute atomic E-state index is 0.0556. The normalized spacial score (nSPS) is 16.8. The van der Waals surface area contributed by atoms with E-state index >= 15 is 0 Å². The number of rotatable bonds is 4. The predicted molar refractivity (Wildman–Crippen MR) is 150 cm³/mol. The Bertz CT molecular complexity index is 1550. The summed E-state index contributed by atoms with van der Waals surface area (Å²) in [4.78, 5) is 28.9. The first-order valence-corrected chi connectivity index (χ1v) is 13.1. The fourth-order valence-corrected chi connectivity index (χ4v) is 5.16. The maximum atomic E-state index is 13.9. The van der Waals surface area contributed by atoms with Crippen molar-refractivity contribution in [3.63, 3.8) is 0 Å². The molecule has 6 rings (SSSR count). The summed E-state index contributed by atoms with van der Waals surface area (Å²) in [5, 5.41) is 2.11. The average Bonchev–Trinajstić information content (AvgIpc) is 2.97. The molecule has 4 aromatic rings. The van der Waals surface area contributed by atoms with Crippen LogP contribution in [0.2, 0.25) is 0 Å². The molecule has 1 aromatic heterocycles. The summed E-state index contributed by atoms with van der Waals surface area (Å²) >= 11 is 0. The second-order valence-corrected chi connectivity index (χ2v) is 9.55. The van der Waals surface area contributed by atoms with Crippen LogP contribution >= 0.6 is 0 Å². The third-order valence-electron chi connectivity index (χ3n) is 7.04. The lowest BCUT2D eigenvalue weighted by Gasteiger charge is -2.44. The third-order valence-corrected chi connectivity index (χ3v) is 7.04. The zero-order valence-corrected chi connectivity index (χ0v) is 21.5. The highest BCUT2D eigenvalue weighted by atomic mass is 16.5. The number of para-hydroxylation sites is 1. The quantitative estimate of drug-likeness (QED) is 0.359. The lowest BCUT2D eigenvalue weighted by Crippen LogP contribution is -2.55. The maximum absolute atomic E-state index is 13.9. The summed E-state index contributed by atoms with van der Waals surface area (Å²) in [6.45, 7) is 1.44. The molecule has 2 bridgehead atoms. The van der Waals surface area contributed by atoms with Crippen molar-refractivity contribution in [1.82, 2.24) is 9.58 Å². The molecule has 0 saturated carbocycles. The molecular weight excluding hydrogens is 490 g/mol. The Labute approximate surface area is 227 Å². The van der Waals surface area contributed by atoms with Crippen LogP contribution in [0.15, 0.2) is 114 Å². The number of benzene rings is 3. The first-order valence-electron chi connectivity index (χ1n) is 13.1. The first kappa shape index (κ1) is 24.6. The Morgan fingerprint density at radius 1 is 0.846 bits per heavy atom. The second kappa shape index (κ2) is 10.9. The van der Waals surface area contributed by atoms with E-state index in [-0.39, 0.29) is 35.4 Å². The average molecular weight is 520 g/mol. The summed E-state index contributed by atoms with van der Waals surface area (Å²) in [5.74, 6) is 0.594. The van der Waals surface area contributed by atoms with Gasteiger partial charge in [0, 0.05) is 24.4 Å². The molecule has 0 saturated heterocycles. The largest absolute Gasteiger partial charge is 0.489 e. The van der Waals surface area contributed by atoms with E-state index in [1.165, 1.54) is 6.07 Å². The molecule has 0 radical (unpaired) electrons. The first-order chi connectivity index (χ1) is 19.2. The molecule has 0 N–H and O–H groups in total. The summed E-state index contributed by atoms with van der Waals surface area (Å²) in [6, 6.07) is 28.9. The minimum atomic E-state index is -0.326. The Morgan fingerprint density at radius 2 is 1.59 bits per heavy atom. The van der Waals surface area contributed by atoms with Crippen LogP contribution in [-0.2, 0) is 6.61 Å². The molecule has 196 valence electrons. The fourth-order valence-electron chi connectivity index (χ4n) is 5.16. The number of carbonyl (C=O) groups excluding carboxylic acids is 1. The molecule has 1 unspecified atom stereocenters. The SMILES string of the molecule is O=C1c2c(OCc3ccccc3)c(=O)ccn2N2CN1CCC=CCOc1ccccc1C2c1ccccc1. The topological polar surface area (TPSA) is 64.0 Å². The smallest absolute Gasteiger partial charge is 0.277 e. The highest BCUT2D eigenvalue weighted by Crippen LogP contribution is 2.37. The number of amides is 1. The van der Waals surface area contributed by atoms with Crippen molar-refractivity contribution in [1.29, 1.82) is 0 Å². The van der Waals surface area contributed by atoms with E-state index in [4.69, 9.17) is 9.47 Å². The molecule has 3 heterocycles. The van der Waals surface area contributed by atoms with Crippen molar-refractivity contribution in [3.05, 3.63) is 142 Å². The van der Waals surface area contributed by atoms with E-state index in [0.29, 0.717) is 26.2 Å². The highest BCUT2D eigenvalue weighted by molar-refractivity contribution is 5.96. The van der Waals surface area contributed by atoms with Gasteiger partial charge in [0.2, 0.25) is 5.43 Å². The van der Waals surface area contributed by atoms with Crippen LogP contribution in [0.5, 0.6) is 11.5 Å². The maximum Gasteiger partial charge on any atom is 0.277 e. The van der Waals surface area contributed by atoms with Gasteiger partial charge in [0.05, 0.1) is 0 Å². The van der Waals surface area contributed by atoms with Crippen LogP contribution in [0, 0.1) is 0 Å². The highest BCUT2D eigenvalue weighted by Gasteiger charge is 2.37. The Balaban J connectivity index is 1.53. The molecule has 3 aromatic carbocycles. The number of pyridine rings is 1. The second-order valence-electron chi connectivity index (χ2n) is 9.55. The molecule has 7 heteroatoms. The van der Waals surface area contributed by atoms with Crippen LogP contribution in [0.1, 0.15) is 39.6 Å². The molecule has 0 spiro atoms. The molecule has 1 amide bonds. The third kappa shape index (κ3) is 4.91. The van der Waals surface area contributed by atoms with E-state index in [1.54, 1.807) is 15.8 Å². The van der Waals surface area contributed by atoms with E-state index < -0.39 is 0 Å². The number of fused-ring (bicyclic) bond motifs is 5. The molecule has 7 nitrogen and oxygen atoms in total. The van der Waals surface area contributed by atoms with E-state index in [1.807, 2.05) is 78.9 Å². The Kier molecular flexibility index (Phi) is 6.87. The minimum Gasteiger partial charge on any atom is -0.489 e. The number of carbonyl (C=O) groups is 1. The van der Waals surface area contributed by atoms with E-state index in [9.17, 15) is 9.59 Å². The number of hydrogen-bond donors (Lipinski definition) is 0. The van der Waals surface area contributed by atoms with Crippen molar-refractivity contribution in [3.8, 4) is 11.5 Å². The van der Waals surface area contributed by atoms with Crippen molar-refractivity contribution < 1.29 is 14.3 Å². The van der Waals surface area contributed by atoms with Crippen molar-refractivity contribution in [2.45, 2.75) is 19.1 Å². The molecule has 1 atom stereocenters. The van der Waals surface area contributed by atoms with Gasteiger partial charge in [-0.25, -0.2) is 0 Å². The van der Waals surface area contributed by atoms with Gasteiger partial charge in [-0.3, -0.25) is 19.3 Å². The predicted octanol–water partition coefficient (Wildman–Crippen LogP) is 4.91. The van der Waals surface area contributed by atoms with Gasteiger partial charge in [0.1, 0.15) is 31.7 Å². The Morgan fingerprint density at radius 3 is 2.41 bits per heavy atom. The van der Waals surface area contributed by atoms with Gasteiger partial charge in [-0.05, 0) is 23.6 Å². The number of aromatic nitrogens is 1. The van der Waals surface area contributed by atoms with Crippen molar-refractivity contribution in [2.75, 3.05) is 24.8 Å². The standard InChI is InChI=1S/C32H29N3O4/c36-27-18-20-34-30(31(27)39-22-24-12-4-1-5-13-24)32(37)33-19-10-3-11-21-38-28-17-9-8-16-26(28)29(35(34)23-33)25-14-6-2-7-15-25/h1-9,11-18,20,29H,10,19,21-23H2. The van der Waals surface area contributed by atoms with Gasteiger partial charge in [-0.1, -0.05) is 91.0 Å². The van der Waals surface area contributed by atoms with Crippen molar-refractivity contribution in [2.24, 2.45) is 0 Å². The monoisotopic (exact) mass is 519 g/mol. The summed E-state index contributed by atoms with van der Waals surface area (Å²) in [7, 11) is 0. The molecule has 2 aliphatic heterocycles. The summed E-state index contributed by atoms with van der Waals surface area (Å²) in [5.41, 5.74) is 2.81. The van der Waals surface area contributed by atoms with Gasteiger partial charge in [-0.2, -0.15) is 0 Å². The zero-order valence-electron chi connectivity index (χ0n) is 21.5. The molecular formula is C32H29N3O4. The summed E-state index contributed by atoms with van der Waals surface area (Å²) in [6.07, 6.45) is 6.34. The van der Waals surface area contributed by atoms with E-state index in [0.717, 1.165) is 22.4 Å². The van der Waals surface area contributed by atoms with Crippen molar-refractivity contribution >= 4 is 5.91 Å². The lowest BCUT2D eigenvalue weighted by molar-refractivity contribution is 0.0679. The van der Waals surface area contributed by atoms with Crippen LogP contribution in [0.3, 0.4) is 0 Å². The fraction of sp³-hybridized carbons (Fsp3) is 0.188. The van der Waals surface area contributed by atoms with Crippen LogP contribution in [0.25, 0.3) is 0 Å². The molecule has 0 fully saturated rings. The van der Waals surface area contributed by atoms with E-state index in [2.05, 4.69) is 23.2 Å². The van der Waals surface area contributed by atoms with Crippen LogP contribution in [0.4, 0.5) is 0 Å². The number of nitrogens with zero attached hydrogens (tertiary/aromatic N) is 3. The summed E-state index contributed by atoms with van der Waals surface area (Å²) < 4.78 is 14.1. The molecule has 2 aliphatic rings. The lowest BCUT2D eigenvalue weighted by atomic mass is 9.97. The van der Waals surface area contributed by atoms with Crippen LogP contribution in [-0.4, -0.2) is 35.3 Å². The van der Waals surface area contributed by atoms with Gasteiger partial charge < -0.3 is 14.4 Å². The van der Waals surface area contributed by atoms with Gasteiger partial charge in [0.25, 0.3) is 5.91 Å². The Hall–Kier alpha value is -4.78. The number of hydrogen-bond acceptors (Lipinski definition) is 5. The van der Waals surface area contributed by atoms with Gasteiger partial charge >= 0.3 is 0 Å². The molecule has 0 aliphatic carbocycles. The van der Waals surface area contributed by atoms with Crippen LogP contribution < -0.4 is 19.9 Å².